The van der Waals surface area contributed by atoms with Gasteiger partial charge in [0.25, 0.3) is 0 Å². The van der Waals surface area contributed by atoms with Crippen molar-refractivity contribution in [1.82, 2.24) is 0 Å². The van der Waals surface area contributed by atoms with Crippen molar-refractivity contribution in [2.75, 3.05) is 0 Å². The van der Waals surface area contributed by atoms with Crippen LogP contribution in [0.1, 0.15) is 37.5 Å². The monoisotopic (exact) mass is 338 g/mol. The van der Waals surface area contributed by atoms with Gasteiger partial charge in [-0.1, -0.05) is 57.7 Å². The van der Waals surface area contributed by atoms with Crippen molar-refractivity contribution in [3.8, 4) is 5.75 Å². The molecule has 24 heavy (non-hydrogen) atoms. The molecule has 0 bridgehead atoms. The molecule has 0 aliphatic heterocycles. The van der Waals surface area contributed by atoms with E-state index in [1.54, 1.807) is 30.3 Å². The summed E-state index contributed by atoms with van der Waals surface area (Å²) in [5.41, 5.74) is -0.266. The lowest BCUT2D eigenvalue weighted by molar-refractivity contribution is 0.257. The molecular formula is C19H18F4O. The first-order chi connectivity index (χ1) is 11.2. The SMILES string of the molecule is C=Cc1ccc(COc2c(F)c(F)c(C(C)(C)C)c(F)c2F)cc1. The summed E-state index contributed by atoms with van der Waals surface area (Å²) in [6.07, 6.45) is 1.64. The fourth-order valence-electron chi connectivity index (χ4n) is 2.30. The zero-order valence-electron chi connectivity index (χ0n) is 13.7. The van der Waals surface area contributed by atoms with Gasteiger partial charge in [0, 0.05) is 5.56 Å². The van der Waals surface area contributed by atoms with Gasteiger partial charge in [0.15, 0.2) is 17.4 Å². The van der Waals surface area contributed by atoms with Crippen LogP contribution in [0.5, 0.6) is 5.75 Å². The van der Waals surface area contributed by atoms with Crippen LogP contribution >= 0.6 is 0 Å². The summed E-state index contributed by atoms with van der Waals surface area (Å²) < 4.78 is 61.6. The first kappa shape index (κ1) is 18.0. The Morgan fingerprint density at radius 2 is 1.42 bits per heavy atom. The summed E-state index contributed by atoms with van der Waals surface area (Å²) in [7, 11) is 0. The van der Waals surface area contributed by atoms with E-state index >= 15 is 0 Å². The van der Waals surface area contributed by atoms with Gasteiger partial charge in [-0.05, 0) is 16.5 Å². The van der Waals surface area contributed by atoms with E-state index in [1.165, 1.54) is 20.8 Å². The van der Waals surface area contributed by atoms with E-state index in [9.17, 15) is 17.6 Å². The van der Waals surface area contributed by atoms with Gasteiger partial charge in [-0.25, -0.2) is 8.78 Å². The molecule has 0 aliphatic carbocycles. The number of ether oxygens (including phenoxy) is 1. The van der Waals surface area contributed by atoms with E-state index < -0.39 is 40.0 Å². The van der Waals surface area contributed by atoms with Crippen LogP contribution in [0, 0.1) is 23.3 Å². The molecule has 128 valence electrons. The molecule has 0 aliphatic rings. The van der Waals surface area contributed by atoms with E-state index in [2.05, 4.69) is 6.58 Å². The van der Waals surface area contributed by atoms with E-state index in [-0.39, 0.29) is 6.61 Å². The molecule has 0 amide bonds. The predicted octanol–water partition coefficient (Wildman–Crippen LogP) is 5.76. The number of hydrogen-bond acceptors (Lipinski definition) is 1. The number of benzene rings is 2. The molecule has 2 rings (SSSR count). The zero-order chi connectivity index (χ0) is 18.1. The second kappa shape index (κ2) is 6.67. The fraction of sp³-hybridized carbons (Fsp3) is 0.263. The highest BCUT2D eigenvalue weighted by Crippen LogP contribution is 2.36. The van der Waals surface area contributed by atoms with Crippen LogP contribution in [0.15, 0.2) is 30.8 Å². The van der Waals surface area contributed by atoms with Gasteiger partial charge in [0.2, 0.25) is 11.6 Å². The smallest absolute Gasteiger partial charge is 0.204 e. The van der Waals surface area contributed by atoms with Crippen LogP contribution in [0.4, 0.5) is 17.6 Å². The van der Waals surface area contributed by atoms with E-state index in [4.69, 9.17) is 4.74 Å². The molecule has 0 atom stereocenters. The van der Waals surface area contributed by atoms with Crippen molar-refractivity contribution in [3.63, 3.8) is 0 Å². The van der Waals surface area contributed by atoms with Gasteiger partial charge in [0.05, 0.1) is 0 Å². The molecule has 0 unspecified atom stereocenters. The number of hydrogen-bond donors (Lipinski definition) is 0. The molecule has 0 aromatic heterocycles. The average Bonchev–Trinajstić information content (AvgIpc) is 2.52. The average molecular weight is 338 g/mol. The second-order valence-electron chi connectivity index (χ2n) is 6.44. The Bertz CT molecular complexity index is 729. The molecule has 0 saturated carbocycles. The third kappa shape index (κ3) is 3.45. The Morgan fingerprint density at radius 1 is 0.917 bits per heavy atom. The molecule has 1 nitrogen and oxygen atoms in total. The lowest BCUT2D eigenvalue weighted by Gasteiger charge is -2.22. The molecule has 5 heteroatoms. The third-order valence-electron chi connectivity index (χ3n) is 3.57. The van der Waals surface area contributed by atoms with E-state index in [0.717, 1.165) is 5.56 Å². The maximum absolute atomic E-state index is 14.2. The fourth-order valence-corrected chi connectivity index (χ4v) is 2.30. The quantitative estimate of drug-likeness (QED) is 0.508. The topological polar surface area (TPSA) is 9.23 Å². The van der Waals surface area contributed by atoms with Gasteiger partial charge in [-0.3, -0.25) is 0 Å². The molecule has 0 heterocycles. The van der Waals surface area contributed by atoms with Gasteiger partial charge >= 0.3 is 0 Å². The molecular weight excluding hydrogens is 320 g/mol. The van der Waals surface area contributed by atoms with Crippen molar-refractivity contribution in [3.05, 3.63) is 70.8 Å². The van der Waals surface area contributed by atoms with E-state index in [0.29, 0.717) is 5.56 Å². The molecule has 2 aromatic carbocycles. The Balaban J connectivity index is 2.35. The van der Waals surface area contributed by atoms with Crippen molar-refractivity contribution < 1.29 is 22.3 Å². The molecule has 0 radical (unpaired) electrons. The molecule has 2 aromatic rings. The molecule has 0 spiro atoms. The second-order valence-corrected chi connectivity index (χ2v) is 6.44. The highest BCUT2D eigenvalue weighted by atomic mass is 19.2. The van der Waals surface area contributed by atoms with Crippen LogP contribution in [0.25, 0.3) is 6.08 Å². The Hall–Kier alpha value is -2.30. The molecule has 0 N–H and O–H groups in total. The Morgan fingerprint density at radius 3 is 1.83 bits per heavy atom. The lowest BCUT2D eigenvalue weighted by Crippen LogP contribution is -2.19. The largest absolute Gasteiger partial charge is 0.483 e. The van der Waals surface area contributed by atoms with E-state index in [1.807, 2.05) is 0 Å². The third-order valence-corrected chi connectivity index (χ3v) is 3.57. The normalized spacial score (nSPS) is 11.5. The Labute approximate surface area is 138 Å². The summed E-state index contributed by atoms with van der Waals surface area (Å²) in [5, 5.41) is 0. The van der Waals surface area contributed by atoms with Crippen molar-refractivity contribution in [2.45, 2.75) is 32.8 Å². The minimum Gasteiger partial charge on any atom is -0.483 e. The standard InChI is InChI=1S/C19H18F4O/c1-5-11-6-8-12(9-7-11)10-24-18-16(22)14(20)13(19(2,3)4)15(21)17(18)23/h5-9H,1,10H2,2-4H3. The zero-order valence-corrected chi connectivity index (χ0v) is 13.7. The summed E-state index contributed by atoms with van der Waals surface area (Å²) >= 11 is 0. The van der Waals surface area contributed by atoms with Crippen molar-refractivity contribution in [2.24, 2.45) is 0 Å². The van der Waals surface area contributed by atoms with Crippen LogP contribution in [0.3, 0.4) is 0 Å². The summed E-state index contributed by atoms with van der Waals surface area (Å²) in [4.78, 5) is 0. The van der Waals surface area contributed by atoms with Crippen LogP contribution in [-0.2, 0) is 12.0 Å². The van der Waals surface area contributed by atoms with Crippen molar-refractivity contribution in [1.29, 1.82) is 0 Å². The molecule has 0 saturated heterocycles. The summed E-state index contributed by atoms with van der Waals surface area (Å²) in [6, 6.07) is 6.82. The first-order valence-electron chi connectivity index (χ1n) is 7.37. The van der Waals surface area contributed by atoms with Crippen LogP contribution < -0.4 is 4.74 Å². The Kier molecular flexibility index (Phi) is 5.02. The maximum Gasteiger partial charge on any atom is 0.204 e. The van der Waals surface area contributed by atoms with Gasteiger partial charge in [-0.15, -0.1) is 0 Å². The lowest BCUT2D eigenvalue weighted by atomic mass is 9.86. The van der Waals surface area contributed by atoms with Gasteiger partial charge in [0.1, 0.15) is 6.61 Å². The minimum atomic E-state index is -1.53. The van der Waals surface area contributed by atoms with Gasteiger partial charge in [-0.2, -0.15) is 8.78 Å². The van der Waals surface area contributed by atoms with Crippen molar-refractivity contribution >= 4 is 6.08 Å². The van der Waals surface area contributed by atoms with Crippen LogP contribution in [-0.4, -0.2) is 0 Å². The van der Waals surface area contributed by atoms with Crippen LogP contribution in [0.2, 0.25) is 0 Å². The predicted molar refractivity (Wildman–Crippen MR) is 85.8 cm³/mol. The highest BCUT2D eigenvalue weighted by molar-refractivity contribution is 5.47. The number of rotatable bonds is 4. The first-order valence-corrected chi connectivity index (χ1v) is 7.37. The highest BCUT2D eigenvalue weighted by Gasteiger charge is 2.32. The molecule has 0 fully saturated rings. The maximum atomic E-state index is 14.2. The van der Waals surface area contributed by atoms with Gasteiger partial charge < -0.3 is 4.74 Å². The minimum absolute atomic E-state index is 0.223. The number of halogens is 4. The summed E-state index contributed by atoms with van der Waals surface area (Å²) in [6.45, 7) is 7.79. The summed E-state index contributed by atoms with van der Waals surface area (Å²) in [5.74, 6) is -6.97.